The van der Waals surface area contributed by atoms with E-state index in [1.54, 1.807) is 15.5 Å². The molecule has 1 aliphatic heterocycles. The Morgan fingerprint density at radius 3 is 2.44 bits per heavy atom. The number of halogens is 2. The number of hydrogen-bond acceptors (Lipinski definition) is 3. The predicted octanol–water partition coefficient (Wildman–Crippen LogP) is 3.66. The molecule has 140 valence electrons. The minimum absolute atomic E-state index is 0.00674. The molecule has 0 spiro atoms. The van der Waals surface area contributed by atoms with Crippen LogP contribution < -0.4 is 5.76 Å². The third-order valence-electron chi connectivity index (χ3n) is 5.06. The highest BCUT2D eigenvalue weighted by atomic mass is 19.1. The summed E-state index contributed by atoms with van der Waals surface area (Å²) in [6.45, 7) is 2.71. The van der Waals surface area contributed by atoms with Gasteiger partial charge in [0.2, 0.25) is 0 Å². The molecule has 0 unspecified atom stereocenters. The smallest absolute Gasteiger partial charge is 0.408 e. The Bertz CT molecular complexity index is 1060. The Hall–Kier alpha value is -2.96. The van der Waals surface area contributed by atoms with Crippen molar-refractivity contribution in [2.75, 3.05) is 13.1 Å². The van der Waals surface area contributed by atoms with Crippen molar-refractivity contribution < 1.29 is 18.0 Å². The highest BCUT2D eigenvalue weighted by Crippen LogP contribution is 2.28. The van der Waals surface area contributed by atoms with Crippen LogP contribution in [0.2, 0.25) is 0 Å². The number of hydrogen-bond donors (Lipinski definition) is 0. The van der Waals surface area contributed by atoms with Gasteiger partial charge in [-0.3, -0.25) is 9.36 Å². The summed E-state index contributed by atoms with van der Waals surface area (Å²) in [6.07, 6.45) is 1.12. The average molecular weight is 372 g/mol. The molecule has 0 bridgehead atoms. The molecule has 2 aromatic carbocycles. The maximum atomic E-state index is 13.4. The minimum Gasteiger partial charge on any atom is -0.408 e. The highest BCUT2D eigenvalue weighted by molar-refractivity contribution is 5.94. The van der Waals surface area contributed by atoms with E-state index in [2.05, 4.69) is 0 Å². The summed E-state index contributed by atoms with van der Waals surface area (Å²) in [5, 5.41) is 0. The third-order valence-corrected chi connectivity index (χ3v) is 5.06. The largest absolute Gasteiger partial charge is 0.420 e. The Kier molecular flexibility index (Phi) is 4.30. The molecule has 1 amide bonds. The molecule has 1 aromatic heterocycles. The second-order valence-corrected chi connectivity index (χ2v) is 6.84. The summed E-state index contributed by atoms with van der Waals surface area (Å²) >= 11 is 0. The molecule has 1 fully saturated rings. The van der Waals surface area contributed by atoms with Gasteiger partial charge in [-0.25, -0.2) is 13.6 Å². The first-order valence-electron chi connectivity index (χ1n) is 8.80. The average Bonchev–Trinajstić information content (AvgIpc) is 2.98. The van der Waals surface area contributed by atoms with Crippen LogP contribution in [0.1, 0.15) is 34.8 Å². The number of oxazole rings is 1. The predicted molar refractivity (Wildman–Crippen MR) is 95.7 cm³/mol. The Morgan fingerprint density at radius 1 is 1.11 bits per heavy atom. The van der Waals surface area contributed by atoms with Gasteiger partial charge in [0, 0.05) is 30.8 Å². The summed E-state index contributed by atoms with van der Waals surface area (Å²) in [5.74, 6) is -2.37. The van der Waals surface area contributed by atoms with Crippen LogP contribution in [0.15, 0.2) is 45.6 Å². The van der Waals surface area contributed by atoms with Crippen LogP contribution in [0.25, 0.3) is 11.1 Å². The standard InChI is InChI=1S/C20H18F2N2O3/c1-12-3-2-4-17-18(12)24(20(26)27-17)16-5-7-23(8-6-16)19(25)13-9-14(21)11-15(22)10-13/h2-4,9-11,16H,5-8H2,1H3. The van der Waals surface area contributed by atoms with E-state index in [0.717, 1.165) is 29.3 Å². The number of carbonyl (C=O) groups excluding carboxylic acids is 1. The van der Waals surface area contributed by atoms with Crippen LogP contribution in [0.5, 0.6) is 0 Å². The molecular weight excluding hydrogens is 354 g/mol. The molecule has 7 heteroatoms. The van der Waals surface area contributed by atoms with Crippen molar-refractivity contribution in [3.05, 3.63) is 69.7 Å². The lowest BCUT2D eigenvalue weighted by molar-refractivity contribution is 0.0692. The van der Waals surface area contributed by atoms with E-state index < -0.39 is 23.3 Å². The van der Waals surface area contributed by atoms with Crippen LogP contribution in [0.3, 0.4) is 0 Å². The molecule has 0 radical (unpaired) electrons. The zero-order valence-corrected chi connectivity index (χ0v) is 14.7. The topological polar surface area (TPSA) is 55.5 Å². The Labute approximate surface area is 153 Å². The Balaban J connectivity index is 1.55. The zero-order valence-electron chi connectivity index (χ0n) is 14.7. The normalized spacial score (nSPS) is 15.4. The molecule has 0 N–H and O–H groups in total. The number of piperidine rings is 1. The molecule has 4 rings (SSSR count). The molecular formula is C20H18F2N2O3. The van der Waals surface area contributed by atoms with Gasteiger partial charge in [-0.15, -0.1) is 0 Å². The number of benzene rings is 2. The number of nitrogens with zero attached hydrogens (tertiary/aromatic N) is 2. The van der Waals surface area contributed by atoms with Crippen molar-refractivity contribution in [1.82, 2.24) is 9.47 Å². The van der Waals surface area contributed by atoms with Gasteiger partial charge in [0.05, 0.1) is 5.52 Å². The molecule has 27 heavy (non-hydrogen) atoms. The van der Waals surface area contributed by atoms with Gasteiger partial charge in [-0.05, 0) is 43.5 Å². The number of para-hydroxylation sites is 1. The number of carbonyl (C=O) groups is 1. The number of fused-ring (bicyclic) bond motifs is 1. The maximum Gasteiger partial charge on any atom is 0.420 e. The molecule has 1 aliphatic rings. The van der Waals surface area contributed by atoms with Gasteiger partial charge < -0.3 is 9.32 Å². The molecule has 5 nitrogen and oxygen atoms in total. The first-order valence-corrected chi connectivity index (χ1v) is 8.80. The summed E-state index contributed by atoms with van der Waals surface area (Å²) in [6, 6.07) is 8.24. The van der Waals surface area contributed by atoms with Crippen molar-refractivity contribution in [3.63, 3.8) is 0 Å². The minimum atomic E-state index is -0.778. The molecule has 2 heterocycles. The van der Waals surface area contributed by atoms with Gasteiger partial charge in [0.15, 0.2) is 5.58 Å². The fraction of sp³-hybridized carbons (Fsp3) is 0.300. The van der Waals surface area contributed by atoms with E-state index >= 15 is 0 Å². The second-order valence-electron chi connectivity index (χ2n) is 6.84. The molecule has 3 aromatic rings. The molecule has 1 saturated heterocycles. The SMILES string of the molecule is Cc1cccc2oc(=O)n(C3CCN(C(=O)c4cc(F)cc(F)c4)CC3)c12. The second kappa shape index (κ2) is 6.64. The number of rotatable bonds is 2. The van der Waals surface area contributed by atoms with E-state index in [9.17, 15) is 18.4 Å². The summed E-state index contributed by atoms with van der Waals surface area (Å²) < 4.78 is 33.8. The summed E-state index contributed by atoms with van der Waals surface area (Å²) in [5.41, 5.74) is 2.27. The van der Waals surface area contributed by atoms with E-state index in [-0.39, 0.29) is 11.6 Å². The van der Waals surface area contributed by atoms with Crippen molar-refractivity contribution in [2.45, 2.75) is 25.8 Å². The lowest BCUT2D eigenvalue weighted by Gasteiger charge is -2.32. The van der Waals surface area contributed by atoms with E-state index in [1.165, 1.54) is 0 Å². The van der Waals surface area contributed by atoms with Crippen molar-refractivity contribution >= 4 is 17.0 Å². The van der Waals surface area contributed by atoms with Crippen LogP contribution in [-0.2, 0) is 0 Å². The van der Waals surface area contributed by atoms with E-state index in [0.29, 0.717) is 31.5 Å². The van der Waals surface area contributed by atoms with Crippen LogP contribution in [0, 0.1) is 18.6 Å². The molecule has 0 atom stereocenters. The fourth-order valence-electron chi connectivity index (χ4n) is 3.78. The maximum absolute atomic E-state index is 13.4. The number of aryl methyl sites for hydroxylation is 1. The first-order chi connectivity index (χ1) is 12.9. The van der Waals surface area contributed by atoms with Crippen LogP contribution in [0.4, 0.5) is 8.78 Å². The number of likely N-dealkylation sites (tertiary alicyclic amines) is 1. The van der Waals surface area contributed by atoms with Gasteiger partial charge in [-0.2, -0.15) is 0 Å². The molecule has 0 saturated carbocycles. The van der Waals surface area contributed by atoms with E-state index in [4.69, 9.17) is 4.42 Å². The van der Waals surface area contributed by atoms with Crippen molar-refractivity contribution in [3.8, 4) is 0 Å². The highest BCUT2D eigenvalue weighted by Gasteiger charge is 2.28. The monoisotopic (exact) mass is 372 g/mol. The van der Waals surface area contributed by atoms with Gasteiger partial charge in [-0.1, -0.05) is 12.1 Å². The van der Waals surface area contributed by atoms with Gasteiger partial charge >= 0.3 is 5.76 Å². The lowest BCUT2D eigenvalue weighted by Crippen LogP contribution is -2.40. The Morgan fingerprint density at radius 2 is 1.78 bits per heavy atom. The first kappa shape index (κ1) is 17.5. The molecule has 0 aliphatic carbocycles. The van der Waals surface area contributed by atoms with Crippen molar-refractivity contribution in [2.24, 2.45) is 0 Å². The quantitative estimate of drug-likeness (QED) is 0.690. The summed E-state index contributed by atoms with van der Waals surface area (Å²) in [4.78, 5) is 26.4. The van der Waals surface area contributed by atoms with E-state index in [1.807, 2.05) is 19.1 Å². The van der Waals surface area contributed by atoms with Gasteiger partial charge in [0.25, 0.3) is 5.91 Å². The van der Waals surface area contributed by atoms with Crippen LogP contribution in [-0.4, -0.2) is 28.5 Å². The third kappa shape index (κ3) is 3.13. The van der Waals surface area contributed by atoms with Crippen molar-refractivity contribution in [1.29, 1.82) is 0 Å². The number of amides is 1. The number of aromatic nitrogens is 1. The van der Waals surface area contributed by atoms with Gasteiger partial charge in [0.1, 0.15) is 11.6 Å². The lowest BCUT2D eigenvalue weighted by atomic mass is 10.0. The summed E-state index contributed by atoms with van der Waals surface area (Å²) in [7, 11) is 0. The van der Waals surface area contributed by atoms with Crippen LogP contribution >= 0.6 is 0 Å². The fourth-order valence-corrected chi connectivity index (χ4v) is 3.78. The zero-order chi connectivity index (χ0) is 19.1.